The van der Waals surface area contributed by atoms with Crippen molar-refractivity contribution in [3.05, 3.63) is 12.2 Å². The summed E-state index contributed by atoms with van der Waals surface area (Å²) in [5, 5.41) is 3.75. The van der Waals surface area contributed by atoms with Crippen LogP contribution in [-0.2, 0) is 9.53 Å². The Balaban J connectivity index is 1.34. The molecule has 1 saturated heterocycles. The monoisotopic (exact) mass is 292 g/mol. The van der Waals surface area contributed by atoms with Gasteiger partial charge in [0, 0.05) is 26.2 Å². The Morgan fingerprint density at radius 2 is 2.10 bits per heavy atom. The van der Waals surface area contributed by atoms with Crippen LogP contribution in [0.3, 0.4) is 0 Å². The molecule has 3 atom stereocenters. The van der Waals surface area contributed by atoms with E-state index in [0.717, 1.165) is 50.2 Å². The van der Waals surface area contributed by atoms with Crippen molar-refractivity contribution in [2.24, 2.45) is 17.8 Å². The molecule has 1 amide bonds. The fourth-order valence-electron chi connectivity index (χ4n) is 4.13. The van der Waals surface area contributed by atoms with E-state index in [0.29, 0.717) is 19.1 Å². The van der Waals surface area contributed by atoms with E-state index in [2.05, 4.69) is 17.5 Å². The highest BCUT2D eigenvalue weighted by Gasteiger charge is 2.35. The van der Waals surface area contributed by atoms with Crippen molar-refractivity contribution in [2.75, 3.05) is 33.4 Å². The van der Waals surface area contributed by atoms with Gasteiger partial charge in [-0.15, -0.1) is 0 Å². The van der Waals surface area contributed by atoms with Crippen molar-refractivity contribution in [3.63, 3.8) is 0 Å². The molecule has 118 valence electrons. The molecule has 1 heterocycles. The summed E-state index contributed by atoms with van der Waals surface area (Å²) in [4.78, 5) is 13.9. The maximum absolute atomic E-state index is 11.9. The van der Waals surface area contributed by atoms with Gasteiger partial charge in [0.2, 0.25) is 5.91 Å². The second-order valence-electron chi connectivity index (χ2n) is 6.85. The number of hydrogen-bond acceptors (Lipinski definition) is 3. The van der Waals surface area contributed by atoms with E-state index in [1.165, 1.54) is 12.8 Å². The number of ether oxygens (including phenoxy) is 1. The first-order valence-corrected chi connectivity index (χ1v) is 8.44. The summed E-state index contributed by atoms with van der Waals surface area (Å²) >= 11 is 0. The van der Waals surface area contributed by atoms with Gasteiger partial charge in [-0.05, 0) is 50.0 Å². The number of hydrogen-bond donors (Lipinski definition) is 1. The first-order chi connectivity index (χ1) is 10.3. The van der Waals surface area contributed by atoms with Crippen LogP contribution < -0.4 is 5.32 Å². The topological polar surface area (TPSA) is 41.6 Å². The Labute approximate surface area is 127 Å². The van der Waals surface area contributed by atoms with Crippen LogP contribution in [0.4, 0.5) is 0 Å². The van der Waals surface area contributed by atoms with E-state index in [1.54, 1.807) is 7.11 Å². The predicted octanol–water partition coefficient (Wildman–Crippen LogP) is 1.82. The summed E-state index contributed by atoms with van der Waals surface area (Å²) in [5.74, 6) is 2.79. The van der Waals surface area contributed by atoms with Crippen LogP contribution in [0.25, 0.3) is 0 Å². The molecule has 4 heteroatoms. The standard InChI is InChI=1S/C17H28N2O2/c1-21-9-6-17(20)19-7-4-16(5-8-19)18-12-15-11-13-2-3-14(15)10-13/h2-3,13-16,18H,4-12H2,1H3/t13-,14-,15+/m0/s1. The molecule has 1 N–H and O–H groups in total. The molecule has 4 nitrogen and oxygen atoms in total. The number of allylic oxidation sites excluding steroid dienone is 2. The van der Waals surface area contributed by atoms with Gasteiger partial charge >= 0.3 is 0 Å². The van der Waals surface area contributed by atoms with E-state index in [9.17, 15) is 4.79 Å². The van der Waals surface area contributed by atoms with Gasteiger partial charge in [0.25, 0.3) is 0 Å². The summed E-state index contributed by atoms with van der Waals surface area (Å²) in [6, 6.07) is 0.597. The second kappa shape index (κ2) is 6.93. The average molecular weight is 292 g/mol. The smallest absolute Gasteiger partial charge is 0.224 e. The lowest BCUT2D eigenvalue weighted by molar-refractivity contribution is -0.133. The summed E-state index contributed by atoms with van der Waals surface area (Å²) < 4.78 is 4.98. The van der Waals surface area contributed by atoms with Crippen molar-refractivity contribution >= 4 is 5.91 Å². The Morgan fingerprint density at radius 1 is 1.29 bits per heavy atom. The van der Waals surface area contributed by atoms with Crippen LogP contribution in [0.1, 0.15) is 32.1 Å². The van der Waals surface area contributed by atoms with E-state index < -0.39 is 0 Å². The lowest BCUT2D eigenvalue weighted by atomic mass is 9.93. The fraction of sp³-hybridized carbons (Fsp3) is 0.824. The number of piperidine rings is 1. The summed E-state index contributed by atoms with van der Waals surface area (Å²) in [5.41, 5.74) is 0. The third-order valence-electron chi connectivity index (χ3n) is 5.45. The third-order valence-corrected chi connectivity index (χ3v) is 5.45. The van der Waals surface area contributed by atoms with Crippen LogP contribution in [0.5, 0.6) is 0 Å². The van der Waals surface area contributed by atoms with Gasteiger partial charge in [0.1, 0.15) is 0 Å². The summed E-state index contributed by atoms with van der Waals surface area (Å²) in [7, 11) is 1.65. The van der Waals surface area contributed by atoms with E-state index in [-0.39, 0.29) is 5.91 Å². The molecule has 0 aromatic carbocycles. The second-order valence-corrected chi connectivity index (χ2v) is 6.85. The number of fused-ring (bicyclic) bond motifs is 2. The largest absolute Gasteiger partial charge is 0.384 e. The van der Waals surface area contributed by atoms with Crippen molar-refractivity contribution in [1.82, 2.24) is 10.2 Å². The minimum atomic E-state index is 0.244. The maximum Gasteiger partial charge on any atom is 0.224 e. The van der Waals surface area contributed by atoms with Crippen molar-refractivity contribution in [1.29, 1.82) is 0 Å². The van der Waals surface area contributed by atoms with Gasteiger partial charge in [-0.1, -0.05) is 12.2 Å². The molecule has 0 aromatic heterocycles. The first kappa shape index (κ1) is 15.0. The number of amides is 1. The van der Waals surface area contributed by atoms with Gasteiger partial charge in [-0.25, -0.2) is 0 Å². The van der Waals surface area contributed by atoms with Crippen LogP contribution in [0.2, 0.25) is 0 Å². The highest BCUT2D eigenvalue weighted by molar-refractivity contribution is 5.76. The van der Waals surface area contributed by atoms with E-state index in [1.807, 2.05) is 4.90 Å². The lowest BCUT2D eigenvalue weighted by Crippen LogP contribution is -2.46. The zero-order valence-corrected chi connectivity index (χ0v) is 13.1. The van der Waals surface area contributed by atoms with Crippen LogP contribution in [0.15, 0.2) is 12.2 Å². The molecular formula is C17H28N2O2. The lowest BCUT2D eigenvalue weighted by Gasteiger charge is -2.33. The molecule has 21 heavy (non-hydrogen) atoms. The number of carbonyl (C=O) groups excluding carboxylic acids is 1. The first-order valence-electron chi connectivity index (χ1n) is 8.44. The molecule has 0 unspecified atom stereocenters. The number of methoxy groups -OCH3 is 1. The molecule has 1 aliphatic heterocycles. The highest BCUT2D eigenvalue weighted by atomic mass is 16.5. The molecule has 2 bridgehead atoms. The SMILES string of the molecule is COCCC(=O)N1CCC(NC[C@H]2C[C@H]3C=C[C@H]2C3)CC1. The molecule has 2 aliphatic carbocycles. The van der Waals surface area contributed by atoms with Crippen molar-refractivity contribution in [3.8, 4) is 0 Å². The van der Waals surface area contributed by atoms with Crippen LogP contribution >= 0.6 is 0 Å². The number of carbonyl (C=O) groups is 1. The Kier molecular flexibility index (Phi) is 4.96. The van der Waals surface area contributed by atoms with Gasteiger partial charge in [0.15, 0.2) is 0 Å². The summed E-state index contributed by atoms with van der Waals surface area (Å²) in [6.07, 6.45) is 10.3. The minimum absolute atomic E-state index is 0.244. The molecule has 2 fully saturated rings. The van der Waals surface area contributed by atoms with Gasteiger partial charge in [0.05, 0.1) is 13.0 Å². The number of nitrogens with one attached hydrogen (secondary N) is 1. The van der Waals surface area contributed by atoms with Crippen molar-refractivity contribution in [2.45, 2.75) is 38.1 Å². The van der Waals surface area contributed by atoms with Gasteiger partial charge in [-0.3, -0.25) is 4.79 Å². The summed E-state index contributed by atoms with van der Waals surface area (Å²) in [6.45, 7) is 3.50. The number of rotatable bonds is 6. The average Bonchev–Trinajstić information content (AvgIpc) is 3.14. The van der Waals surface area contributed by atoms with E-state index >= 15 is 0 Å². The normalized spacial score (nSPS) is 32.0. The van der Waals surface area contributed by atoms with Crippen LogP contribution in [-0.4, -0.2) is 50.2 Å². The molecule has 1 saturated carbocycles. The third kappa shape index (κ3) is 3.67. The predicted molar refractivity (Wildman–Crippen MR) is 82.9 cm³/mol. The fourth-order valence-corrected chi connectivity index (χ4v) is 4.13. The number of nitrogens with zero attached hydrogens (tertiary/aromatic N) is 1. The van der Waals surface area contributed by atoms with Gasteiger partial charge in [-0.2, -0.15) is 0 Å². The Morgan fingerprint density at radius 3 is 2.71 bits per heavy atom. The van der Waals surface area contributed by atoms with E-state index in [4.69, 9.17) is 4.74 Å². The Bertz CT molecular complexity index is 388. The molecule has 0 spiro atoms. The van der Waals surface area contributed by atoms with Crippen molar-refractivity contribution < 1.29 is 9.53 Å². The van der Waals surface area contributed by atoms with Crippen LogP contribution in [0, 0.1) is 17.8 Å². The molecule has 3 aliphatic rings. The molecular weight excluding hydrogens is 264 g/mol. The highest BCUT2D eigenvalue weighted by Crippen LogP contribution is 2.43. The zero-order valence-electron chi connectivity index (χ0n) is 13.1. The Hall–Kier alpha value is -0.870. The zero-order chi connectivity index (χ0) is 14.7. The quantitative estimate of drug-likeness (QED) is 0.759. The van der Waals surface area contributed by atoms with Gasteiger partial charge < -0.3 is 15.0 Å². The number of likely N-dealkylation sites (tertiary alicyclic amines) is 1. The maximum atomic E-state index is 11.9. The minimum Gasteiger partial charge on any atom is -0.384 e. The molecule has 0 radical (unpaired) electrons. The molecule has 0 aromatic rings. The molecule has 3 rings (SSSR count).